The van der Waals surface area contributed by atoms with Crippen LogP contribution in [0.4, 0.5) is 0 Å². The highest BCUT2D eigenvalue weighted by Gasteiger charge is 2.10. The number of para-hydroxylation sites is 1. The fraction of sp³-hybridized carbons (Fsp3) is 0.0714. The van der Waals surface area contributed by atoms with Gasteiger partial charge >= 0.3 is 5.97 Å². The van der Waals surface area contributed by atoms with E-state index in [1.165, 1.54) is 6.92 Å². The molecule has 1 heterocycles. The number of carbonyl (C=O) groups is 1. The van der Waals surface area contributed by atoms with Crippen molar-refractivity contribution in [3.05, 3.63) is 41.4 Å². The molecule has 0 unspecified atom stereocenters. The van der Waals surface area contributed by atoms with Gasteiger partial charge in [0.2, 0.25) is 0 Å². The lowest BCUT2D eigenvalue weighted by Crippen LogP contribution is -2.01. The molecule has 90 valence electrons. The van der Waals surface area contributed by atoms with Crippen molar-refractivity contribution in [2.24, 2.45) is 0 Å². The van der Waals surface area contributed by atoms with Gasteiger partial charge in [-0.05, 0) is 12.1 Å². The van der Waals surface area contributed by atoms with Crippen molar-refractivity contribution in [3.8, 4) is 5.75 Å². The number of ether oxygens (including phenoxy) is 1. The number of fused-ring (bicyclic) bond motifs is 3. The topological polar surface area (TPSA) is 42.1 Å². The van der Waals surface area contributed by atoms with Crippen molar-refractivity contribution in [2.75, 3.05) is 0 Å². The van der Waals surface area contributed by atoms with Gasteiger partial charge in [-0.2, -0.15) is 0 Å². The van der Waals surface area contributed by atoms with Gasteiger partial charge in [0.25, 0.3) is 0 Å². The molecule has 1 N–H and O–H groups in total. The minimum atomic E-state index is -0.382. The van der Waals surface area contributed by atoms with Crippen LogP contribution >= 0.6 is 11.6 Å². The van der Waals surface area contributed by atoms with Crippen LogP contribution in [0.15, 0.2) is 36.4 Å². The van der Waals surface area contributed by atoms with Gasteiger partial charge in [-0.25, -0.2) is 0 Å². The summed E-state index contributed by atoms with van der Waals surface area (Å²) in [5, 5.41) is 2.55. The van der Waals surface area contributed by atoms with Gasteiger partial charge in [0.15, 0.2) is 5.75 Å². The number of aromatic amines is 1. The fourth-order valence-corrected chi connectivity index (χ4v) is 2.29. The van der Waals surface area contributed by atoms with Crippen LogP contribution < -0.4 is 4.74 Å². The molecule has 0 saturated heterocycles. The quantitative estimate of drug-likeness (QED) is 0.532. The summed E-state index contributed by atoms with van der Waals surface area (Å²) >= 11 is 6.11. The Bertz CT molecular complexity index is 761. The molecular formula is C14H10ClNO2. The second kappa shape index (κ2) is 4.03. The summed E-state index contributed by atoms with van der Waals surface area (Å²) in [6.07, 6.45) is 0. The highest BCUT2D eigenvalue weighted by atomic mass is 35.5. The smallest absolute Gasteiger partial charge is 0.308 e. The minimum Gasteiger partial charge on any atom is -0.425 e. The second-order valence-corrected chi connectivity index (χ2v) is 4.50. The molecule has 3 rings (SSSR count). The Hall–Kier alpha value is -2.00. The van der Waals surface area contributed by atoms with Gasteiger partial charge < -0.3 is 9.72 Å². The van der Waals surface area contributed by atoms with Crippen molar-refractivity contribution in [3.63, 3.8) is 0 Å². The van der Waals surface area contributed by atoms with Gasteiger partial charge in [-0.15, -0.1) is 0 Å². The van der Waals surface area contributed by atoms with Gasteiger partial charge in [0.1, 0.15) is 0 Å². The highest BCUT2D eigenvalue weighted by Crippen LogP contribution is 2.34. The van der Waals surface area contributed by atoms with Crippen LogP contribution in [0.3, 0.4) is 0 Å². The van der Waals surface area contributed by atoms with Crippen molar-refractivity contribution in [1.29, 1.82) is 0 Å². The third-order valence-corrected chi connectivity index (χ3v) is 3.11. The predicted octanol–water partition coefficient (Wildman–Crippen LogP) is 3.90. The molecule has 1 aromatic heterocycles. The van der Waals surface area contributed by atoms with Crippen LogP contribution in [-0.2, 0) is 4.79 Å². The maximum Gasteiger partial charge on any atom is 0.308 e. The Morgan fingerprint density at radius 3 is 2.72 bits per heavy atom. The number of carbonyl (C=O) groups excluding carboxylic acids is 1. The van der Waals surface area contributed by atoms with Crippen molar-refractivity contribution >= 4 is 39.4 Å². The van der Waals surface area contributed by atoms with Gasteiger partial charge in [-0.3, -0.25) is 4.79 Å². The molecule has 0 aliphatic carbocycles. The third kappa shape index (κ3) is 1.73. The number of aromatic nitrogens is 1. The van der Waals surface area contributed by atoms with Crippen LogP contribution in [-0.4, -0.2) is 11.0 Å². The summed E-state index contributed by atoms with van der Waals surface area (Å²) < 4.78 is 5.06. The molecule has 3 nitrogen and oxygen atoms in total. The third-order valence-electron chi connectivity index (χ3n) is 2.81. The Morgan fingerprint density at radius 2 is 1.94 bits per heavy atom. The predicted molar refractivity (Wildman–Crippen MR) is 72.1 cm³/mol. The normalized spacial score (nSPS) is 11.0. The van der Waals surface area contributed by atoms with E-state index in [-0.39, 0.29) is 5.97 Å². The molecule has 0 spiro atoms. The molecule has 0 aliphatic rings. The molecule has 3 aromatic rings. The van der Waals surface area contributed by atoms with E-state index in [0.29, 0.717) is 10.8 Å². The molecule has 18 heavy (non-hydrogen) atoms. The molecule has 4 heteroatoms. The van der Waals surface area contributed by atoms with Crippen molar-refractivity contribution in [2.45, 2.75) is 6.92 Å². The zero-order valence-electron chi connectivity index (χ0n) is 9.66. The summed E-state index contributed by atoms with van der Waals surface area (Å²) in [7, 11) is 0. The summed E-state index contributed by atoms with van der Waals surface area (Å²) in [5.41, 5.74) is 1.93. The first kappa shape index (κ1) is 11.1. The van der Waals surface area contributed by atoms with Crippen molar-refractivity contribution in [1.82, 2.24) is 4.98 Å². The average molecular weight is 260 g/mol. The molecule has 0 amide bonds. The number of rotatable bonds is 1. The fourth-order valence-electron chi connectivity index (χ4n) is 2.08. The lowest BCUT2D eigenvalue weighted by Gasteiger charge is -2.03. The zero-order valence-corrected chi connectivity index (χ0v) is 10.4. The number of hydrogen-bond acceptors (Lipinski definition) is 2. The van der Waals surface area contributed by atoms with E-state index >= 15 is 0 Å². The van der Waals surface area contributed by atoms with Crippen LogP contribution in [0, 0.1) is 0 Å². The van der Waals surface area contributed by atoms with E-state index in [9.17, 15) is 4.79 Å². The second-order valence-electron chi connectivity index (χ2n) is 4.09. The molecule has 0 saturated carbocycles. The zero-order chi connectivity index (χ0) is 12.7. The highest BCUT2D eigenvalue weighted by molar-refractivity contribution is 6.33. The molecule has 0 atom stereocenters. The standard InChI is InChI=1S/C14H10ClNO2/c1-8(17)18-14-7-13-10(6-11(14)15)9-4-2-3-5-12(9)16-13/h2-7,16H,1H3. The summed E-state index contributed by atoms with van der Waals surface area (Å²) in [5.74, 6) is -0.00409. The lowest BCUT2D eigenvalue weighted by molar-refractivity contribution is -0.131. The number of hydrogen-bond donors (Lipinski definition) is 1. The number of nitrogens with one attached hydrogen (secondary N) is 1. The maximum absolute atomic E-state index is 11.0. The van der Waals surface area contributed by atoms with Crippen molar-refractivity contribution < 1.29 is 9.53 Å². The average Bonchev–Trinajstić information content (AvgIpc) is 2.67. The Balaban J connectivity index is 2.29. The van der Waals surface area contributed by atoms with Crippen LogP contribution in [0.5, 0.6) is 5.75 Å². The van der Waals surface area contributed by atoms with E-state index < -0.39 is 0 Å². The lowest BCUT2D eigenvalue weighted by atomic mass is 10.1. The first-order valence-electron chi connectivity index (χ1n) is 5.53. The SMILES string of the molecule is CC(=O)Oc1cc2[nH]c3ccccc3c2cc1Cl. The van der Waals surface area contributed by atoms with Crippen LogP contribution in [0.25, 0.3) is 21.8 Å². The van der Waals surface area contributed by atoms with E-state index in [1.807, 2.05) is 30.3 Å². The monoisotopic (exact) mass is 259 g/mol. The molecular weight excluding hydrogens is 250 g/mol. The van der Waals surface area contributed by atoms with E-state index in [1.54, 1.807) is 6.07 Å². The van der Waals surface area contributed by atoms with E-state index in [4.69, 9.17) is 16.3 Å². The Kier molecular flexibility index (Phi) is 2.49. The Labute approximate surface area is 108 Å². The number of halogens is 1. The largest absolute Gasteiger partial charge is 0.425 e. The number of esters is 1. The van der Waals surface area contributed by atoms with Gasteiger partial charge in [0.05, 0.1) is 10.5 Å². The Morgan fingerprint density at radius 1 is 1.17 bits per heavy atom. The van der Waals surface area contributed by atoms with Crippen LogP contribution in [0.2, 0.25) is 5.02 Å². The maximum atomic E-state index is 11.0. The summed E-state index contributed by atoms with van der Waals surface area (Å²) in [4.78, 5) is 14.3. The molecule has 0 fully saturated rings. The first-order valence-corrected chi connectivity index (χ1v) is 5.91. The van der Waals surface area contributed by atoms with E-state index in [0.717, 1.165) is 21.8 Å². The first-order chi connectivity index (χ1) is 8.65. The van der Waals surface area contributed by atoms with E-state index in [2.05, 4.69) is 4.98 Å². The summed E-state index contributed by atoms with van der Waals surface area (Å²) in [6, 6.07) is 11.5. The number of benzene rings is 2. The molecule has 0 aliphatic heterocycles. The molecule has 2 aromatic carbocycles. The van der Waals surface area contributed by atoms with Gasteiger partial charge in [0, 0.05) is 29.3 Å². The van der Waals surface area contributed by atoms with Gasteiger partial charge in [-0.1, -0.05) is 29.8 Å². The summed E-state index contributed by atoms with van der Waals surface area (Å²) in [6.45, 7) is 1.35. The number of H-pyrrole nitrogens is 1. The molecule has 0 radical (unpaired) electrons. The van der Waals surface area contributed by atoms with Crippen LogP contribution in [0.1, 0.15) is 6.92 Å². The minimum absolute atomic E-state index is 0.378. The molecule has 0 bridgehead atoms.